The first-order valence-corrected chi connectivity index (χ1v) is 10.7. The summed E-state index contributed by atoms with van der Waals surface area (Å²) in [5.41, 5.74) is 1.88. The van der Waals surface area contributed by atoms with E-state index in [1.165, 1.54) is 28.8 Å². The predicted molar refractivity (Wildman–Crippen MR) is 124 cm³/mol. The Balaban J connectivity index is 1.56. The van der Waals surface area contributed by atoms with Crippen LogP contribution in [0.25, 0.3) is 22.6 Å². The van der Waals surface area contributed by atoms with Crippen LogP contribution in [0, 0.1) is 31.3 Å². The van der Waals surface area contributed by atoms with Crippen LogP contribution in [-0.4, -0.2) is 19.2 Å². The predicted octanol–water partition coefficient (Wildman–Crippen LogP) is 5.16. The van der Waals surface area contributed by atoms with Crippen LogP contribution in [0.15, 0.2) is 71.7 Å². The summed E-state index contributed by atoms with van der Waals surface area (Å²) in [6.45, 7) is 3.10. The van der Waals surface area contributed by atoms with Crippen molar-refractivity contribution in [2.45, 2.75) is 20.5 Å². The Morgan fingerprint density at radius 1 is 0.943 bits per heavy atom. The molecule has 0 spiro atoms. The molecule has 0 saturated carbocycles. The number of hydrogen-bond donors (Lipinski definition) is 0. The molecule has 9 heteroatoms. The van der Waals surface area contributed by atoms with E-state index in [0.29, 0.717) is 22.8 Å². The normalized spacial score (nSPS) is 11.2. The van der Waals surface area contributed by atoms with Crippen molar-refractivity contribution in [2.75, 3.05) is 0 Å². The Labute approximate surface area is 197 Å². The highest BCUT2D eigenvalue weighted by Gasteiger charge is 2.19. The number of nitrogens with zero attached hydrogens (tertiary/aromatic N) is 4. The van der Waals surface area contributed by atoms with Crippen LogP contribution in [0.2, 0.25) is 0 Å². The minimum absolute atomic E-state index is 0.198. The third-order valence-electron chi connectivity index (χ3n) is 5.63. The van der Waals surface area contributed by atoms with Crippen LogP contribution < -0.4 is 10.3 Å². The Morgan fingerprint density at radius 2 is 1.69 bits per heavy atom. The average molecular weight is 476 g/mol. The van der Waals surface area contributed by atoms with Gasteiger partial charge in [0.05, 0.1) is 22.5 Å². The quantitative estimate of drug-likeness (QED) is 0.352. The molecule has 5 rings (SSSR count). The van der Waals surface area contributed by atoms with Gasteiger partial charge in [0.15, 0.2) is 11.4 Å². The van der Waals surface area contributed by atoms with Gasteiger partial charge < -0.3 is 4.74 Å². The molecule has 0 aliphatic rings. The molecule has 5 aromatic rings. The van der Waals surface area contributed by atoms with E-state index in [-0.39, 0.29) is 34.7 Å². The number of ether oxygens (including phenoxy) is 1. The van der Waals surface area contributed by atoms with Gasteiger partial charge in [0.2, 0.25) is 0 Å². The number of hydrogen-bond acceptors (Lipinski definition) is 4. The first kappa shape index (κ1) is 22.4. The van der Waals surface area contributed by atoms with Crippen LogP contribution in [0.3, 0.4) is 0 Å². The molecule has 176 valence electrons. The molecule has 0 aliphatic heterocycles. The van der Waals surface area contributed by atoms with E-state index in [0.717, 1.165) is 12.1 Å². The van der Waals surface area contributed by atoms with E-state index in [4.69, 9.17) is 4.74 Å². The molecular weight excluding hydrogens is 457 g/mol. The topological polar surface area (TPSA) is 61.4 Å². The highest BCUT2D eigenvalue weighted by atomic mass is 19.1. The number of halogens is 3. The summed E-state index contributed by atoms with van der Waals surface area (Å²) < 4.78 is 50.2. The maximum atomic E-state index is 14.0. The monoisotopic (exact) mass is 476 g/mol. The Hall–Kier alpha value is -4.40. The number of benzene rings is 2. The SMILES string of the molecule is Cc1nc2c(OCc3c(F)cccc3F)cccn2c(=O)c1-c1cc(C)n(-c2cccc(F)c2)n1. The number of aryl methyl sites for hydroxylation is 2. The summed E-state index contributed by atoms with van der Waals surface area (Å²) in [5, 5.41) is 4.52. The lowest BCUT2D eigenvalue weighted by Gasteiger charge is -2.12. The van der Waals surface area contributed by atoms with Crippen LogP contribution >= 0.6 is 0 Å². The second-order valence-electron chi connectivity index (χ2n) is 7.99. The van der Waals surface area contributed by atoms with Gasteiger partial charge in [-0.3, -0.25) is 9.20 Å². The maximum Gasteiger partial charge on any atom is 0.267 e. The number of fused-ring (bicyclic) bond motifs is 1. The highest BCUT2D eigenvalue weighted by Crippen LogP contribution is 2.25. The molecule has 0 amide bonds. The Morgan fingerprint density at radius 3 is 2.43 bits per heavy atom. The van der Waals surface area contributed by atoms with E-state index in [1.54, 1.807) is 48.9 Å². The van der Waals surface area contributed by atoms with Gasteiger partial charge in [-0.05, 0) is 62.4 Å². The lowest BCUT2D eigenvalue weighted by Crippen LogP contribution is -2.19. The van der Waals surface area contributed by atoms with E-state index in [2.05, 4.69) is 10.1 Å². The Kier molecular flexibility index (Phi) is 5.60. The summed E-state index contributed by atoms with van der Waals surface area (Å²) >= 11 is 0. The zero-order chi connectivity index (χ0) is 24.7. The zero-order valence-corrected chi connectivity index (χ0v) is 18.8. The summed E-state index contributed by atoms with van der Waals surface area (Å²) in [5.74, 6) is -1.65. The molecule has 6 nitrogen and oxygen atoms in total. The third-order valence-corrected chi connectivity index (χ3v) is 5.63. The van der Waals surface area contributed by atoms with Gasteiger partial charge in [0.25, 0.3) is 5.56 Å². The molecule has 0 atom stereocenters. The summed E-state index contributed by atoms with van der Waals surface area (Å²) in [4.78, 5) is 18.0. The number of aromatic nitrogens is 4. The second kappa shape index (κ2) is 8.75. The van der Waals surface area contributed by atoms with Gasteiger partial charge in [-0.15, -0.1) is 0 Å². The van der Waals surface area contributed by atoms with Gasteiger partial charge in [0, 0.05) is 11.9 Å². The largest absolute Gasteiger partial charge is 0.485 e. The molecule has 3 aromatic heterocycles. The molecule has 0 fully saturated rings. The van der Waals surface area contributed by atoms with Crippen molar-refractivity contribution >= 4 is 5.65 Å². The lowest BCUT2D eigenvalue weighted by molar-refractivity contribution is 0.294. The number of pyridine rings is 1. The molecule has 35 heavy (non-hydrogen) atoms. The Bertz CT molecular complexity index is 1620. The summed E-state index contributed by atoms with van der Waals surface area (Å²) in [6.07, 6.45) is 1.53. The van der Waals surface area contributed by atoms with Crippen LogP contribution in [0.5, 0.6) is 5.75 Å². The minimum atomic E-state index is -0.724. The standard InChI is InChI=1S/C26H19F3N4O2/c1-15-12-22(31-33(15)18-7-3-6-17(27)13-18)24-16(2)30-25-23(10-5-11-32(25)26(24)34)35-14-19-20(28)8-4-9-21(19)29/h3-13H,14H2,1-2H3. The van der Waals surface area contributed by atoms with Gasteiger partial charge >= 0.3 is 0 Å². The van der Waals surface area contributed by atoms with Crippen molar-refractivity contribution in [2.24, 2.45) is 0 Å². The van der Waals surface area contributed by atoms with Crippen molar-refractivity contribution in [1.82, 2.24) is 19.2 Å². The number of rotatable bonds is 5. The summed E-state index contributed by atoms with van der Waals surface area (Å²) in [7, 11) is 0. The lowest BCUT2D eigenvalue weighted by atomic mass is 10.1. The molecule has 0 aliphatic carbocycles. The van der Waals surface area contributed by atoms with Gasteiger partial charge in [0.1, 0.15) is 29.8 Å². The van der Waals surface area contributed by atoms with Crippen molar-refractivity contribution in [3.8, 4) is 22.7 Å². The van der Waals surface area contributed by atoms with Gasteiger partial charge in [-0.2, -0.15) is 5.10 Å². The van der Waals surface area contributed by atoms with Gasteiger partial charge in [-0.1, -0.05) is 12.1 Å². The molecule has 3 heterocycles. The van der Waals surface area contributed by atoms with E-state index in [1.807, 2.05) is 0 Å². The fourth-order valence-electron chi connectivity index (χ4n) is 3.94. The first-order valence-electron chi connectivity index (χ1n) is 10.7. The molecule has 0 N–H and O–H groups in total. The van der Waals surface area contributed by atoms with Crippen molar-refractivity contribution in [1.29, 1.82) is 0 Å². The zero-order valence-electron chi connectivity index (χ0n) is 18.8. The van der Waals surface area contributed by atoms with E-state index >= 15 is 0 Å². The van der Waals surface area contributed by atoms with Crippen LogP contribution in [-0.2, 0) is 6.61 Å². The van der Waals surface area contributed by atoms with Crippen LogP contribution in [0.1, 0.15) is 17.0 Å². The fraction of sp³-hybridized carbons (Fsp3) is 0.115. The minimum Gasteiger partial charge on any atom is -0.485 e. The van der Waals surface area contributed by atoms with Crippen LogP contribution in [0.4, 0.5) is 13.2 Å². The molecule has 2 aromatic carbocycles. The third kappa shape index (κ3) is 4.05. The maximum absolute atomic E-state index is 14.0. The molecule has 0 radical (unpaired) electrons. The fourth-order valence-corrected chi connectivity index (χ4v) is 3.94. The summed E-state index contributed by atoms with van der Waals surface area (Å²) in [6, 6.07) is 14.4. The van der Waals surface area contributed by atoms with Crippen molar-refractivity contribution in [3.05, 3.63) is 112 Å². The van der Waals surface area contributed by atoms with E-state index < -0.39 is 17.5 Å². The average Bonchev–Trinajstić information content (AvgIpc) is 3.20. The molecule has 0 unspecified atom stereocenters. The highest BCUT2D eigenvalue weighted by molar-refractivity contribution is 5.65. The molecule has 0 saturated heterocycles. The van der Waals surface area contributed by atoms with Crippen molar-refractivity contribution < 1.29 is 17.9 Å². The first-order chi connectivity index (χ1) is 16.8. The van der Waals surface area contributed by atoms with Gasteiger partial charge in [-0.25, -0.2) is 22.8 Å². The van der Waals surface area contributed by atoms with Crippen molar-refractivity contribution in [3.63, 3.8) is 0 Å². The van der Waals surface area contributed by atoms with E-state index in [9.17, 15) is 18.0 Å². The molecule has 0 bridgehead atoms. The molecular formula is C26H19F3N4O2. The second-order valence-corrected chi connectivity index (χ2v) is 7.99. The smallest absolute Gasteiger partial charge is 0.267 e.